The molecule has 2 heterocycles. The van der Waals surface area contributed by atoms with Crippen molar-refractivity contribution in [2.75, 3.05) is 10.7 Å². The van der Waals surface area contributed by atoms with Crippen molar-refractivity contribution in [3.8, 4) is 0 Å². The van der Waals surface area contributed by atoms with Crippen molar-refractivity contribution in [1.82, 2.24) is 9.97 Å². The number of hydrazine groups is 1. The number of nitrogen functional groups attached to an aromatic ring is 1. The molecule has 0 fully saturated rings. The fourth-order valence-electron chi connectivity index (χ4n) is 1.51. The van der Waals surface area contributed by atoms with Gasteiger partial charge in [0.1, 0.15) is 5.82 Å². The smallest absolute Gasteiger partial charge is 0.141 e. The summed E-state index contributed by atoms with van der Waals surface area (Å²) in [4.78, 5) is 8.36. The first-order chi connectivity index (χ1) is 8.29. The summed E-state index contributed by atoms with van der Waals surface area (Å²) < 4.78 is 0. The third-order valence-electron chi connectivity index (χ3n) is 2.49. The fourth-order valence-corrected chi connectivity index (χ4v) is 1.51. The third-order valence-corrected chi connectivity index (χ3v) is 2.49. The van der Waals surface area contributed by atoms with Crippen LogP contribution in [0, 0.1) is 6.92 Å². The van der Waals surface area contributed by atoms with Crippen LogP contribution < -0.4 is 16.6 Å². The van der Waals surface area contributed by atoms with E-state index >= 15 is 0 Å². The van der Waals surface area contributed by atoms with E-state index < -0.39 is 0 Å². The lowest BCUT2D eigenvalue weighted by Gasteiger charge is -2.08. The van der Waals surface area contributed by atoms with Crippen molar-refractivity contribution in [2.45, 2.75) is 13.5 Å². The molecule has 88 valence electrons. The predicted octanol–water partition coefficient (Wildman–Crippen LogP) is 1.68. The molecule has 17 heavy (non-hydrogen) atoms. The van der Waals surface area contributed by atoms with Crippen LogP contribution in [-0.4, -0.2) is 9.97 Å². The van der Waals surface area contributed by atoms with Gasteiger partial charge in [0.05, 0.1) is 12.2 Å². The zero-order valence-corrected chi connectivity index (χ0v) is 9.64. The van der Waals surface area contributed by atoms with E-state index in [0.717, 1.165) is 11.4 Å². The second-order valence-electron chi connectivity index (χ2n) is 3.69. The minimum atomic E-state index is 0.632. The lowest BCUT2D eigenvalue weighted by molar-refractivity contribution is 1.02. The standard InChI is InChI=1S/C12H15N5/c1-9-3-2-5-14-11(9)8-16-10-4-6-15-12(7-10)17-13/h2-7H,8,13H2,1H3,(H2,15,16,17). The van der Waals surface area contributed by atoms with Crippen molar-refractivity contribution in [3.05, 3.63) is 47.9 Å². The summed E-state index contributed by atoms with van der Waals surface area (Å²) in [6.07, 6.45) is 3.49. The Labute approximate surface area is 100 Å². The molecule has 4 N–H and O–H groups in total. The highest BCUT2D eigenvalue weighted by atomic mass is 15.2. The van der Waals surface area contributed by atoms with Crippen LogP contribution in [0.2, 0.25) is 0 Å². The minimum absolute atomic E-state index is 0.632. The second kappa shape index (κ2) is 5.27. The first-order valence-corrected chi connectivity index (χ1v) is 5.36. The Bertz CT molecular complexity index is 498. The summed E-state index contributed by atoms with van der Waals surface area (Å²) in [5.74, 6) is 5.93. The molecule has 0 saturated heterocycles. The summed E-state index contributed by atoms with van der Waals surface area (Å²) in [5, 5.41) is 3.28. The highest BCUT2D eigenvalue weighted by Crippen LogP contribution is 2.12. The normalized spacial score (nSPS) is 10.0. The first-order valence-electron chi connectivity index (χ1n) is 5.36. The predicted molar refractivity (Wildman–Crippen MR) is 68.3 cm³/mol. The molecule has 2 aromatic heterocycles. The SMILES string of the molecule is Cc1cccnc1CNc1ccnc(NN)c1. The summed E-state index contributed by atoms with van der Waals surface area (Å²) in [7, 11) is 0. The topological polar surface area (TPSA) is 75.9 Å². The van der Waals surface area contributed by atoms with E-state index in [1.165, 1.54) is 5.56 Å². The zero-order chi connectivity index (χ0) is 12.1. The van der Waals surface area contributed by atoms with Crippen LogP contribution in [0.15, 0.2) is 36.7 Å². The van der Waals surface area contributed by atoms with Crippen LogP contribution in [0.3, 0.4) is 0 Å². The molecule has 5 heteroatoms. The van der Waals surface area contributed by atoms with Crippen LogP contribution in [0.1, 0.15) is 11.3 Å². The number of anilines is 2. The van der Waals surface area contributed by atoms with E-state index in [9.17, 15) is 0 Å². The Morgan fingerprint density at radius 1 is 1.24 bits per heavy atom. The number of hydrogen-bond donors (Lipinski definition) is 3. The number of aromatic nitrogens is 2. The maximum atomic E-state index is 5.30. The van der Waals surface area contributed by atoms with Crippen LogP contribution in [0.5, 0.6) is 0 Å². The van der Waals surface area contributed by atoms with E-state index in [1.54, 1.807) is 12.4 Å². The molecule has 0 spiro atoms. The Morgan fingerprint density at radius 3 is 2.88 bits per heavy atom. The van der Waals surface area contributed by atoms with Gasteiger partial charge in [-0.2, -0.15) is 0 Å². The number of rotatable bonds is 4. The van der Waals surface area contributed by atoms with Gasteiger partial charge in [0.15, 0.2) is 0 Å². The quantitative estimate of drug-likeness (QED) is 0.549. The fraction of sp³-hybridized carbons (Fsp3) is 0.167. The van der Waals surface area contributed by atoms with Crippen LogP contribution in [-0.2, 0) is 6.54 Å². The number of aryl methyl sites for hydroxylation is 1. The highest BCUT2D eigenvalue weighted by Gasteiger charge is 1.99. The van der Waals surface area contributed by atoms with Crippen molar-refractivity contribution in [1.29, 1.82) is 0 Å². The van der Waals surface area contributed by atoms with E-state index in [0.29, 0.717) is 12.4 Å². The van der Waals surface area contributed by atoms with Crippen LogP contribution in [0.25, 0.3) is 0 Å². The number of pyridine rings is 2. The molecular weight excluding hydrogens is 214 g/mol. The molecule has 0 unspecified atom stereocenters. The molecular formula is C12H15N5. The molecule has 0 amide bonds. The van der Waals surface area contributed by atoms with Gasteiger partial charge in [-0.15, -0.1) is 0 Å². The minimum Gasteiger partial charge on any atom is -0.379 e. The van der Waals surface area contributed by atoms with E-state index in [-0.39, 0.29) is 0 Å². The number of nitrogens with zero attached hydrogens (tertiary/aromatic N) is 2. The third kappa shape index (κ3) is 2.92. The van der Waals surface area contributed by atoms with Gasteiger partial charge in [0.2, 0.25) is 0 Å². The number of hydrogen-bond acceptors (Lipinski definition) is 5. The maximum absolute atomic E-state index is 5.30. The molecule has 0 saturated carbocycles. The molecule has 2 aromatic rings. The first kappa shape index (κ1) is 11.3. The molecule has 0 aliphatic heterocycles. The Hall–Kier alpha value is -2.14. The average molecular weight is 229 g/mol. The molecule has 5 nitrogen and oxygen atoms in total. The second-order valence-corrected chi connectivity index (χ2v) is 3.69. The van der Waals surface area contributed by atoms with Gasteiger partial charge in [-0.25, -0.2) is 10.8 Å². The van der Waals surface area contributed by atoms with Crippen molar-refractivity contribution in [3.63, 3.8) is 0 Å². The van der Waals surface area contributed by atoms with Crippen LogP contribution in [0.4, 0.5) is 11.5 Å². The van der Waals surface area contributed by atoms with E-state index in [4.69, 9.17) is 5.84 Å². The lowest BCUT2D eigenvalue weighted by Crippen LogP contribution is -2.09. The van der Waals surface area contributed by atoms with Gasteiger partial charge in [-0.05, 0) is 24.6 Å². The molecule has 0 atom stereocenters. The van der Waals surface area contributed by atoms with Crippen molar-refractivity contribution in [2.24, 2.45) is 5.84 Å². The van der Waals surface area contributed by atoms with Crippen molar-refractivity contribution >= 4 is 11.5 Å². The maximum Gasteiger partial charge on any atom is 0.141 e. The summed E-state index contributed by atoms with van der Waals surface area (Å²) in [6, 6.07) is 7.71. The molecule has 0 aromatic carbocycles. The van der Waals surface area contributed by atoms with Gasteiger partial charge in [-0.3, -0.25) is 4.98 Å². The summed E-state index contributed by atoms with van der Waals surface area (Å²) >= 11 is 0. The lowest BCUT2D eigenvalue weighted by atomic mass is 10.2. The highest BCUT2D eigenvalue weighted by molar-refractivity contribution is 5.51. The Balaban J connectivity index is 2.05. The van der Waals surface area contributed by atoms with Crippen LogP contribution >= 0.6 is 0 Å². The summed E-state index contributed by atoms with van der Waals surface area (Å²) in [6.45, 7) is 2.73. The molecule has 0 radical (unpaired) electrons. The van der Waals surface area contributed by atoms with Gasteiger partial charge in [0, 0.05) is 24.1 Å². The van der Waals surface area contributed by atoms with Gasteiger partial charge in [0.25, 0.3) is 0 Å². The van der Waals surface area contributed by atoms with Gasteiger partial charge < -0.3 is 10.7 Å². The number of nitrogens with two attached hydrogens (primary N) is 1. The van der Waals surface area contributed by atoms with Gasteiger partial charge >= 0.3 is 0 Å². The van der Waals surface area contributed by atoms with E-state index in [1.807, 2.05) is 31.2 Å². The largest absolute Gasteiger partial charge is 0.379 e. The Morgan fingerprint density at radius 2 is 2.12 bits per heavy atom. The zero-order valence-electron chi connectivity index (χ0n) is 9.64. The number of nitrogens with one attached hydrogen (secondary N) is 2. The molecule has 0 aliphatic rings. The monoisotopic (exact) mass is 229 g/mol. The average Bonchev–Trinajstić information content (AvgIpc) is 2.38. The Kier molecular flexibility index (Phi) is 3.52. The van der Waals surface area contributed by atoms with Crippen molar-refractivity contribution < 1.29 is 0 Å². The molecule has 0 bridgehead atoms. The van der Waals surface area contributed by atoms with E-state index in [2.05, 4.69) is 20.7 Å². The van der Waals surface area contributed by atoms with Gasteiger partial charge in [-0.1, -0.05) is 6.07 Å². The molecule has 2 rings (SSSR count). The molecule has 0 aliphatic carbocycles. The summed E-state index contributed by atoms with van der Waals surface area (Å²) in [5.41, 5.74) is 5.67.